The summed E-state index contributed by atoms with van der Waals surface area (Å²) in [5.74, 6) is 0.392. The second-order valence-electron chi connectivity index (χ2n) is 6.45. The Hall–Kier alpha value is -2.07. The number of benzene rings is 2. The lowest BCUT2D eigenvalue weighted by Crippen LogP contribution is -2.42. The van der Waals surface area contributed by atoms with Gasteiger partial charge in [-0.05, 0) is 41.5 Å². The Morgan fingerprint density at radius 1 is 1.26 bits per heavy atom. The summed E-state index contributed by atoms with van der Waals surface area (Å²) in [7, 11) is 1.73. The van der Waals surface area contributed by atoms with Crippen LogP contribution >= 0.6 is 0 Å². The summed E-state index contributed by atoms with van der Waals surface area (Å²) in [6.45, 7) is 1.01. The molecule has 2 N–H and O–H groups in total. The van der Waals surface area contributed by atoms with E-state index in [0.717, 1.165) is 19.3 Å². The maximum Gasteiger partial charge on any atom is 0.317 e. The number of aliphatic hydroxyl groups is 1. The molecule has 2 aromatic rings. The average Bonchev–Trinajstić information content (AvgIpc) is 3.39. The number of hydrogen-bond acceptors (Lipinski definition) is 2. The number of nitrogens with zero attached hydrogens (tertiary/aromatic N) is 1. The normalized spacial score (nSPS) is 15.4. The van der Waals surface area contributed by atoms with Gasteiger partial charge in [0, 0.05) is 20.1 Å². The van der Waals surface area contributed by atoms with Crippen LogP contribution < -0.4 is 5.32 Å². The Morgan fingerprint density at radius 2 is 2.00 bits per heavy atom. The van der Waals surface area contributed by atoms with Crippen molar-refractivity contribution >= 4 is 16.8 Å². The Labute approximate surface area is 137 Å². The summed E-state index contributed by atoms with van der Waals surface area (Å²) >= 11 is 0. The van der Waals surface area contributed by atoms with E-state index in [-0.39, 0.29) is 12.1 Å². The molecular weight excluding hydrogens is 288 g/mol. The van der Waals surface area contributed by atoms with Gasteiger partial charge in [0.05, 0.1) is 6.10 Å². The van der Waals surface area contributed by atoms with E-state index < -0.39 is 0 Å². The Balaban J connectivity index is 1.46. The highest BCUT2D eigenvalue weighted by Crippen LogP contribution is 2.32. The number of carbonyl (C=O) groups is 1. The monoisotopic (exact) mass is 312 g/mol. The fourth-order valence-corrected chi connectivity index (χ4v) is 2.84. The van der Waals surface area contributed by atoms with Gasteiger partial charge in [0.1, 0.15) is 0 Å². The molecule has 122 valence electrons. The fraction of sp³-hybridized carbons (Fsp3) is 0.421. The van der Waals surface area contributed by atoms with Crippen LogP contribution in [-0.4, -0.2) is 42.3 Å². The number of aliphatic hydroxyl groups excluding tert-OH is 1. The highest BCUT2D eigenvalue weighted by molar-refractivity contribution is 5.83. The molecule has 1 atom stereocenters. The van der Waals surface area contributed by atoms with Crippen LogP contribution in [-0.2, 0) is 6.42 Å². The Morgan fingerprint density at radius 3 is 2.74 bits per heavy atom. The van der Waals surface area contributed by atoms with E-state index in [1.54, 1.807) is 11.9 Å². The number of fused-ring (bicyclic) bond motifs is 1. The predicted molar refractivity (Wildman–Crippen MR) is 92.4 cm³/mol. The van der Waals surface area contributed by atoms with Gasteiger partial charge in [-0.15, -0.1) is 0 Å². The molecule has 0 unspecified atom stereocenters. The van der Waals surface area contributed by atoms with Gasteiger partial charge >= 0.3 is 6.03 Å². The number of nitrogens with one attached hydrogen (secondary N) is 1. The second-order valence-corrected chi connectivity index (χ2v) is 6.45. The number of amides is 2. The molecule has 4 nitrogen and oxygen atoms in total. The number of rotatable bonds is 6. The molecule has 2 aromatic carbocycles. The quantitative estimate of drug-likeness (QED) is 0.862. The maximum absolute atomic E-state index is 12.0. The van der Waals surface area contributed by atoms with Crippen LogP contribution in [0.2, 0.25) is 0 Å². The molecule has 1 aliphatic rings. The van der Waals surface area contributed by atoms with E-state index in [9.17, 15) is 9.90 Å². The second kappa shape index (κ2) is 7.01. The maximum atomic E-state index is 12.0. The van der Waals surface area contributed by atoms with Gasteiger partial charge in [0.2, 0.25) is 0 Å². The molecular formula is C19H24N2O2. The molecule has 2 amide bonds. The summed E-state index contributed by atoms with van der Waals surface area (Å²) in [4.78, 5) is 13.6. The van der Waals surface area contributed by atoms with E-state index >= 15 is 0 Å². The van der Waals surface area contributed by atoms with Crippen molar-refractivity contribution in [2.75, 3.05) is 20.1 Å². The molecule has 1 aliphatic carbocycles. The first-order valence-corrected chi connectivity index (χ1v) is 8.28. The fourth-order valence-electron chi connectivity index (χ4n) is 2.84. The molecule has 0 radical (unpaired) electrons. The van der Waals surface area contributed by atoms with Gasteiger partial charge in [-0.1, -0.05) is 42.5 Å². The predicted octanol–water partition coefficient (Wildman–Crippen LogP) is 2.79. The summed E-state index contributed by atoms with van der Waals surface area (Å²) in [5, 5.41) is 15.3. The number of hydrogen-bond donors (Lipinski definition) is 2. The first-order chi connectivity index (χ1) is 11.1. The van der Waals surface area contributed by atoms with Crippen molar-refractivity contribution in [3.05, 3.63) is 48.0 Å². The zero-order valence-electron chi connectivity index (χ0n) is 13.5. The lowest BCUT2D eigenvalue weighted by Gasteiger charge is -2.21. The molecule has 1 fully saturated rings. The van der Waals surface area contributed by atoms with E-state index in [1.807, 2.05) is 12.1 Å². The molecule has 0 saturated heterocycles. The van der Waals surface area contributed by atoms with Gasteiger partial charge in [0.15, 0.2) is 0 Å². The van der Waals surface area contributed by atoms with Crippen molar-refractivity contribution in [2.24, 2.45) is 5.92 Å². The van der Waals surface area contributed by atoms with Crippen LogP contribution in [0.5, 0.6) is 0 Å². The van der Waals surface area contributed by atoms with Crippen LogP contribution in [0.15, 0.2) is 42.5 Å². The van der Waals surface area contributed by atoms with Gasteiger partial charge in [-0.2, -0.15) is 0 Å². The highest BCUT2D eigenvalue weighted by atomic mass is 16.3. The first-order valence-electron chi connectivity index (χ1n) is 8.28. The Bertz CT molecular complexity index is 682. The third-order valence-electron chi connectivity index (χ3n) is 4.48. The summed E-state index contributed by atoms with van der Waals surface area (Å²) in [5.41, 5.74) is 1.21. The van der Waals surface area contributed by atoms with Crippen molar-refractivity contribution < 1.29 is 9.90 Å². The van der Waals surface area contributed by atoms with Crippen LogP contribution in [0.25, 0.3) is 10.8 Å². The Kier molecular flexibility index (Phi) is 4.82. The molecule has 0 aromatic heterocycles. The SMILES string of the molecule is CN(C[C@@H](O)C1CC1)C(=O)NCCc1ccc2ccccc2c1. The topological polar surface area (TPSA) is 52.6 Å². The zero-order chi connectivity index (χ0) is 16.2. The number of likely N-dealkylation sites (N-methyl/N-ethyl adjacent to an activating group) is 1. The minimum Gasteiger partial charge on any atom is -0.391 e. The van der Waals surface area contributed by atoms with E-state index in [0.29, 0.717) is 19.0 Å². The third kappa shape index (κ3) is 4.23. The average molecular weight is 312 g/mol. The summed E-state index contributed by atoms with van der Waals surface area (Å²) in [6, 6.07) is 14.5. The van der Waals surface area contributed by atoms with Crippen molar-refractivity contribution in [3.8, 4) is 0 Å². The third-order valence-corrected chi connectivity index (χ3v) is 4.48. The number of carbonyl (C=O) groups excluding carboxylic acids is 1. The van der Waals surface area contributed by atoms with Gasteiger partial charge in [-0.25, -0.2) is 4.79 Å². The first kappa shape index (κ1) is 15.8. The zero-order valence-corrected chi connectivity index (χ0v) is 13.5. The lowest BCUT2D eigenvalue weighted by atomic mass is 10.1. The van der Waals surface area contributed by atoms with Crippen molar-refractivity contribution in [1.29, 1.82) is 0 Å². The summed E-state index contributed by atoms with van der Waals surface area (Å²) in [6.07, 6.45) is 2.58. The number of urea groups is 1. The summed E-state index contributed by atoms with van der Waals surface area (Å²) < 4.78 is 0. The molecule has 4 heteroatoms. The molecule has 1 saturated carbocycles. The molecule has 23 heavy (non-hydrogen) atoms. The highest BCUT2D eigenvalue weighted by Gasteiger charge is 2.31. The van der Waals surface area contributed by atoms with Crippen LogP contribution in [0.4, 0.5) is 4.79 Å². The molecule has 0 spiro atoms. The van der Waals surface area contributed by atoms with E-state index in [4.69, 9.17) is 0 Å². The van der Waals surface area contributed by atoms with Crippen molar-refractivity contribution in [3.63, 3.8) is 0 Å². The van der Waals surface area contributed by atoms with Gasteiger partial charge in [0.25, 0.3) is 0 Å². The lowest BCUT2D eigenvalue weighted by molar-refractivity contribution is 0.113. The minimum atomic E-state index is -0.383. The van der Waals surface area contributed by atoms with E-state index in [2.05, 4.69) is 35.6 Å². The smallest absolute Gasteiger partial charge is 0.317 e. The molecule has 0 heterocycles. The van der Waals surface area contributed by atoms with Crippen molar-refractivity contribution in [1.82, 2.24) is 10.2 Å². The van der Waals surface area contributed by atoms with Gasteiger partial charge < -0.3 is 15.3 Å². The van der Waals surface area contributed by atoms with Crippen LogP contribution in [0, 0.1) is 5.92 Å². The van der Waals surface area contributed by atoms with E-state index in [1.165, 1.54) is 16.3 Å². The van der Waals surface area contributed by atoms with Crippen LogP contribution in [0.1, 0.15) is 18.4 Å². The minimum absolute atomic E-state index is 0.120. The standard InChI is InChI=1S/C19H24N2O2/c1-21(13-18(22)16-8-9-16)19(23)20-11-10-14-6-7-15-4-2-3-5-17(15)12-14/h2-7,12,16,18,22H,8-11,13H2,1H3,(H,20,23)/t18-/m1/s1. The molecule has 3 rings (SSSR count). The van der Waals surface area contributed by atoms with Gasteiger partial charge in [-0.3, -0.25) is 0 Å². The van der Waals surface area contributed by atoms with Crippen molar-refractivity contribution in [2.45, 2.75) is 25.4 Å². The molecule has 0 bridgehead atoms. The van der Waals surface area contributed by atoms with Crippen LogP contribution in [0.3, 0.4) is 0 Å². The largest absolute Gasteiger partial charge is 0.391 e. The molecule has 0 aliphatic heterocycles.